The first kappa shape index (κ1) is 29.7. The van der Waals surface area contributed by atoms with Gasteiger partial charge in [-0.3, -0.25) is 9.69 Å². The van der Waals surface area contributed by atoms with E-state index in [0.29, 0.717) is 0 Å². The van der Waals surface area contributed by atoms with E-state index in [0.717, 1.165) is 66.8 Å². The van der Waals surface area contributed by atoms with Crippen LogP contribution in [-0.2, 0) is 17.8 Å². The maximum atomic E-state index is 9.00. The number of carbonyl (C=O) groups is 1. The summed E-state index contributed by atoms with van der Waals surface area (Å²) < 4.78 is 17.6. The van der Waals surface area contributed by atoms with E-state index in [1.165, 1.54) is 11.1 Å². The molecule has 41 heavy (non-hydrogen) atoms. The minimum atomic E-state index is -0.833. The number of benzene rings is 4. The number of para-hydroxylation sites is 2. The molecule has 1 aliphatic rings. The number of hydrogen-bond acceptors (Lipinski definition) is 5. The average Bonchev–Trinajstić information content (AvgIpc) is 3.62. The predicted molar refractivity (Wildman–Crippen MR) is 163 cm³/mol. The first-order valence-corrected chi connectivity index (χ1v) is 13.4. The van der Waals surface area contributed by atoms with Crippen molar-refractivity contribution >= 4 is 29.3 Å². The number of carboxylic acid groups (broad SMARTS) is 1. The van der Waals surface area contributed by atoms with E-state index in [1.807, 2.05) is 24.3 Å². The Kier molecular flexibility index (Phi) is 10.4. The van der Waals surface area contributed by atoms with Gasteiger partial charge in [-0.05, 0) is 29.3 Å². The van der Waals surface area contributed by atoms with Gasteiger partial charge >= 0.3 is 0 Å². The van der Waals surface area contributed by atoms with Gasteiger partial charge in [0.1, 0.15) is 11.3 Å². The van der Waals surface area contributed by atoms with E-state index in [4.69, 9.17) is 23.8 Å². The Hall–Kier alpha value is -4.26. The molecule has 0 saturated carbocycles. The number of furan rings is 1. The summed E-state index contributed by atoms with van der Waals surface area (Å²) in [5, 5.41) is 8.57. The lowest BCUT2D eigenvalue weighted by molar-refractivity contribution is -0.134. The van der Waals surface area contributed by atoms with Crippen LogP contribution in [0.15, 0.2) is 114 Å². The van der Waals surface area contributed by atoms with Crippen molar-refractivity contribution in [2.24, 2.45) is 0 Å². The lowest BCUT2D eigenvalue weighted by Gasteiger charge is -2.28. The van der Waals surface area contributed by atoms with Crippen LogP contribution in [0, 0.1) is 0 Å². The second-order valence-corrected chi connectivity index (χ2v) is 9.78. The lowest BCUT2D eigenvalue weighted by atomic mass is 9.90. The van der Waals surface area contributed by atoms with Gasteiger partial charge in [0.2, 0.25) is 6.79 Å². The molecule has 0 unspecified atom stereocenters. The van der Waals surface area contributed by atoms with Gasteiger partial charge in [0.25, 0.3) is 5.97 Å². The molecule has 2 heterocycles. The van der Waals surface area contributed by atoms with Crippen LogP contribution >= 0.6 is 12.4 Å². The number of ether oxygens (including phenoxy) is 2. The fraction of sp³-hybridized carbons (Fsp3) is 0.206. The maximum Gasteiger partial charge on any atom is 0.300 e. The molecule has 6 rings (SSSR count). The second-order valence-electron chi connectivity index (χ2n) is 9.78. The monoisotopic (exact) mass is 571 g/mol. The molecule has 5 aromatic rings. The molecule has 0 saturated heterocycles. The summed E-state index contributed by atoms with van der Waals surface area (Å²) in [6, 6.07) is 38.1. The summed E-state index contributed by atoms with van der Waals surface area (Å²) in [4.78, 5) is 11.5. The predicted octanol–water partition coefficient (Wildman–Crippen LogP) is 7.55. The molecule has 0 aliphatic carbocycles. The van der Waals surface area contributed by atoms with E-state index >= 15 is 0 Å². The first-order chi connectivity index (χ1) is 19.6. The zero-order valence-corrected chi connectivity index (χ0v) is 23.8. The van der Waals surface area contributed by atoms with Crippen molar-refractivity contribution in [3.8, 4) is 11.5 Å². The normalized spacial score (nSPS) is 11.7. The summed E-state index contributed by atoms with van der Waals surface area (Å²) in [5.74, 6) is 2.11. The van der Waals surface area contributed by atoms with Crippen molar-refractivity contribution in [1.29, 1.82) is 0 Å². The van der Waals surface area contributed by atoms with Gasteiger partial charge in [-0.1, -0.05) is 91.0 Å². The van der Waals surface area contributed by atoms with E-state index in [1.54, 1.807) is 0 Å². The van der Waals surface area contributed by atoms with Crippen LogP contribution in [-0.4, -0.2) is 35.9 Å². The molecule has 7 heteroatoms. The minimum Gasteiger partial charge on any atom is -0.481 e. The summed E-state index contributed by atoms with van der Waals surface area (Å²) >= 11 is 0. The highest BCUT2D eigenvalue weighted by atomic mass is 35.5. The zero-order valence-electron chi connectivity index (χ0n) is 22.9. The second kappa shape index (κ2) is 14.4. The minimum absolute atomic E-state index is 0. The molecule has 1 N–H and O–H groups in total. The molecule has 0 radical (unpaired) electrons. The maximum absolute atomic E-state index is 9.00. The van der Waals surface area contributed by atoms with Crippen LogP contribution in [0.3, 0.4) is 0 Å². The highest BCUT2D eigenvalue weighted by Crippen LogP contribution is 2.36. The van der Waals surface area contributed by atoms with E-state index in [-0.39, 0.29) is 25.1 Å². The summed E-state index contributed by atoms with van der Waals surface area (Å²) in [6.45, 7) is 3.87. The van der Waals surface area contributed by atoms with Gasteiger partial charge in [0.15, 0.2) is 11.5 Å². The largest absolute Gasteiger partial charge is 0.481 e. The van der Waals surface area contributed by atoms with Crippen molar-refractivity contribution in [2.45, 2.75) is 25.8 Å². The van der Waals surface area contributed by atoms with Crippen molar-refractivity contribution in [3.63, 3.8) is 0 Å². The Morgan fingerprint density at radius 1 is 0.854 bits per heavy atom. The van der Waals surface area contributed by atoms with E-state index < -0.39 is 5.97 Å². The van der Waals surface area contributed by atoms with Crippen molar-refractivity contribution < 1.29 is 23.8 Å². The van der Waals surface area contributed by atoms with Gasteiger partial charge in [0.05, 0.1) is 0 Å². The summed E-state index contributed by atoms with van der Waals surface area (Å²) in [6.07, 6.45) is 0.831. The molecular formula is C34H34ClNO5. The fourth-order valence-corrected chi connectivity index (χ4v) is 5.05. The van der Waals surface area contributed by atoms with Crippen molar-refractivity contribution in [3.05, 3.63) is 132 Å². The average molecular weight is 572 g/mol. The Morgan fingerprint density at radius 3 is 2.15 bits per heavy atom. The van der Waals surface area contributed by atoms with Crippen LogP contribution < -0.4 is 9.47 Å². The topological polar surface area (TPSA) is 72.1 Å². The Morgan fingerprint density at radius 2 is 1.49 bits per heavy atom. The van der Waals surface area contributed by atoms with Gasteiger partial charge in [-0.2, -0.15) is 0 Å². The van der Waals surface area contributed by atoms with E-state index in [9.17, 15) is 0 Å². The van der Waals surface area contributed by atoms with Crippen LogP contribution in [0.2, 0.25) is 0 Å². The SMILES string of the molecule is CC(=O)O.Cl.c1ccc(C(CN(CCc2cc3ccccc3o2)Cc2cccc3c2OCO3)c2ccccc2)cc1. The first-order valence-electron chi connectivity index (χ1n) is 13.4. The number of rotatable bonds is 9. The molecule has 0 bridgehead atoms. The number of aliphatic carboxylic acids is 1. The standard InChI is InChI=1S/C32H29NO3.C2H4O2.ClH/c1-3-10-24(11-4-1)29(25-12-5-2-6-13-25)22-33(21-27-15-9-17-31-32(27)35-23-34-31)19-18-28-20-26-14-7-8-16-30(26)36-28;1-2(3)4;/h1-17,20,29H,18-19,21-23H2;1H3,(H,3,4);1H. The molecular weight excluding hydrogens is 538 g/mol. The Bertz CT molecular complexity index is 1460. The number of halogens is 1. The number of hydrogen-bond donors (Lipinski definition) is 1. The smallest absolute Gasteiger partial charge is 0.300 e. The molecule has 0 spiro atoms. The summed E-state index contributed by atoms with van der Waals surface area (Å²) in [7, 11) is 0. The number of carboxylic acids is 1. The molecule has 0 atom stereocenters. The van der Waals surface area contributed by atoms with Crippen LogP contribution in [0.4, 0.5) is 0 Å². The Labute approximate surface area is 246 Å². The molecule has 212 valence electrons. The van der Waals surface area contributed by atoms with Gasteiger partial charge in [-0.25, -0.2) is 0 Å². The molecule has 6 nitrogen and oxygen atoms in total. The van der Waals surface area contributed by atoms with Crippen molar-refractivity contribution in [2.75, 3.05) is 19.9 Å². The van der Waals surface area contributed by atoms with Crippen molar-refractivity contribution in [1.82, 2.24) is 4.90 Å². The molecule has 1 aliphatic heterocycles. The summed E-state index contributed by atoms with van der Waals surface area (Å²) in [5.41, 5.74) is 4.72. The van der Waals surface area contributed by atoms with Gasteiger partial charge in [-0.15, -0.1) is 12.4 Å². The lowest BCUT2D eigenvalue weighted by Crippen LogP contribution is -2.31. The van der Waals surface area contributed by atoms with Gasteiger partial charge < -0.3 is 19.0 Å². The zero-order chi connectivity index (χ0) is 27.7. The number of fused-ring (bicyclic) bond motifs is 2. The van der Waals surface area contributed by atoms with Gasteiger partial charge in [0, 0.05) is 49.8 Å². The van der Waals surface area contributed by atoms with E-state index in [2.05, 4.69) is 89.8 Å². The fourth-order valence-electron chi connectivity index (χ4n) is 5.05. The molecule has 0 amide bonds. The third-order valence-electron chi connectivity index (χ3n) is 6.87. The molecule has 0 fully saturated rings. The van der Waals surface area contributed by atoms with Crippen LogP contribution in [0.25, 0.3) is 11.0 Å². The third kappa shape index (κ3) is 7.91. The van der Waals surface area contributed by atoms with Crippen LogP contribution in [0.1, 0.15) is 35.3 Å². The quantitative estimate of drug-likeness (QED) is 0.197. The highest BCUT2D eigenvalue weighted by molar-refractivity contribution is 5.85. The molecule has 1 aromatic heterocycles. The Balaban J connectivity index is 0.000000729. The third-order valence-corrected chi connectivity index (χ3v) is 6.87. The number of nitrogens with zero attached hydrogens (tertiary/aromatic N) is 1. The van der Waals surface area contributed by atoms with Crippen LogP contribution in [0.5, 0.6) is 11.5 Å². The molecule has 4 aromatic carbocycles. The highest BCUT2D eigenvalue weighted by Gasteiger charge is 2.23.